The summed E-state index contributed by atoms with van der Waals surface area (Å²) in [6, 6.07) is 6.39. The van der Waals surface area contributed by atoms with Gasteiger partial charge >= 0.3 is 0 Å². The molecule has 1 aromatic heterocycles. The Morgan fingerprint density at radius 3 is 2.62 bits per heavy atom. The average Bonchev–Trinajstić information content (AvgIpc) is 3.01. The number of ether oxygens (including phenoxy) is 1. The number of hydrogen-bond donors (Lipinski definition) is 3. The number of carbonyl (C=O) groups excluding carboxylic acids is 2. The Bertz CT molecular complexity index is 674. The van der Waals surface area contributed by atoms with Crippen LogP contribution in [0.2, 0.25) is 5.02 Å². The molecule has 0 aliphatic carbocycles. The summed E-state index contributed by atoms with van der Waals surface area (Å²) in [5.74, 6) is -0.607. The summed E-state index contributed by atoms with van der Waals surface area (Å²) in [7, 11) is 1.45. The Balaban J connectivity index is 2.10. The van der Waals surface area contributed by atoms with Crippen molar-refractivity contribution in [2.24, 2.45) is 0 Å². The molecule has 0 spiro atoms. The highest BCUT2D eigenvalue weighted by Gasteiger charge is 2.16. The van der Waals surface area contributed by atoms with Crippen LogP contribution in [0, 0.1) is 3.57 Å². The minimum Gasteiger partial charge on any atom is -0.496 e. The van der Waals surface area contributed by atoms with Gasteiger partial charge in [-0.2, -0.15) is 0 Å². The lowest BCUT2D eigenvalue weighted by atomic mass is 10.2. The molecule has 0 saturated heterocycles. The first-order chi connectivity index (χ1) is 10.0. The highest BCUT2D eigenvalue weighted by Crippen LogP contribution is 2.28. The summed E-state index contributed by atoms with van der Waals surface area (Å²) in [5, 5.41) is 0.428. The second-order valence-corrected chi connectivity index (χ2v) is 5.53. The SMILES string of the molecule is COc1cc(I)c(Cl)cc1C(=O)NNC(=O)c1ccc[nH]1. The second-order valence-electron chi connectivity index (χ2n) is 3.96. The Kier molecular flexibility index (Phi) is 5.07. The van der Waals surface area contributed by atoms with E-state index >= 15 is 0 Å². The number of methoxy groups -OCH3 is 1. The summed E-state index contributed by atoms with van der Waals surface area (Å²) >= 11 is 8.03. The molecule has 1 heterocycles. The van der Waals surface area contributed by atoms with E-state index in [0.717, 1.165) is 3.57 Å². The fraction of sp³-hybridized carbons (Fsp3) is 0.0769. The number of H-pyrrole nitrogens is 1. The van der Waals surface area contributed by atoms with Crippen molar-refractivity contribution >= 4 is 46.0 Å². The lowest BCUT2D eigenvalue weighted by Crippen LogP contribution is -2.41. The molecule has 0 fully saturated rings. The van der Waals surface area contributed by atoms with Gasteiger partial charge in [0.15, 0.2) is 0 Å². The molecule has 0 saturated carbocycles. The van der Waals surface area contributed by atoms with Crippen LogP contribution in [0.5, 0.6) is 5.75 Å². The van der Waals surface area contributed by atoms with Crippen molar-refractivity contribution in [2.75, 3.05) is 7.11 Å². The first-order valence-electron chi connectivity index (χ1n) is 5.80. The molecule has 2 rings (SSSR count). The van der Waals surface area contributed by atoms with Gasteiger partial charge in [-0.05, 0) is 46.9 Å². The maximum Gasteiger partial charge on any atom is 0.286 e. The van der Waals surface area contributed by atoms with Gasteiger partial charge in [0, 0.05) is 9.77 Å². The van der Waals surface area contributed by atoms with E-state index in [-0.39, 0.29) is 5.56 Å². The third kappa shape index (κ3) is 3.67. The minimum atomic E-state index is -0.523. The zero-order chi connectivity index (χ0) is 15.4. The van der Waals surface area contributed by atoms with Crippen LogP contribution < -0.4 is 15.6 Å². The molecule has 0 aliphatic rings. The fourth-order valence-electron chi connectivity index (χ4n) is 1.59. The average molecular weight is 420 g/mol. The number of hydrogen-bond acceptors (Lipinski definition) is 3. The van der Waals surface area contributed by atoms with Gasteiger partial charge in [0.1, 0.15) is 11.4 Å². The molecule has 21 heavy (non-hydrogen) atoms. The standard InChI is InChI=1S/C13H11ClIN3O3/c1-21-11-6-9(15)8(14)5-7(11)12(19)17-18-13(20)10-3-2-4-16-10/h2-6,16H,1H3,(H,17,19)(H,18,20). The number of benzene rings is 1. The summed E-state index contributed by atoms with van der Waals surface area (Å²) in [6.45, 7) is 0. The summed E-state index contributed by atoms with van der Waals surface area (Å²) in [4.78, 5) is 26.5. The van der Waals surface area contributed by atoms with Crippen molar-refractivity contribution in [3.63, 3.8) is 0 Å². The van der Waals surface area contributed by atoms with E-state index in [9.17, 15) is 9.59 Å². The molecule has 0 bridgehead atoms. The first kappa shape index (κ1) is 15.6. The van der Waals surface area contributed by atoms with E-state index < -0.39 is 11.8 Å². The summed E-state index contributed by atoms with van der Waals surface area (Å²) in [5.41, 5.74) is 5.17. The number of nitrogens with one attached hydrogen (secondary N) is 3. The Hall–Kier alpha value is -1.74. The molecule has 110 valence electrons. The number of amides is 2. The van der Waals surface area contributed by atoms with E-state index in [2.05, 4.69) is 15.8 Å². The fourth-order valence-corrected chi connectivity index (χ4v) is 2.20. The van der Waals surface area contributed by atoms with Crippen LogP contribution in [0.15, 0.2) is 30.5 Å². The van der Waals surface area contributed by atoms with Crippen molar-refractivity contribution in [2.45, 2.75) is 0 Å². The van der Waals surface area contributed by atoms with Gasteiger partial charge < -0.3 is 9.72 Å². The monoisotopic (exact) mass is 419 g/mol. The molecule has 8 heteroatoms. The quantitative estimate of drug-likeness (QED) is 0.528. The van der Waals surface area contributed by atoms with Crippen LogP contribution in [-0.2, 0) is 0 Å². The molecule has 2 aromatic rings. The molecule has 0 aliphatic heterocycles. The third-order valence-electron chi connectivity index (χ3n) is 2.62. The number of carbonyl (C=O) groups is 2. The Morgan fingerprint density at radius 2 is 2.00 bits per heavy atom. The number of aromatic nitrogens is 1. The van der Waals surface area contributed by atoms with Gasteiger partial charge in [0.2, 0.25) is 0 Å². The van der Waals surface area contributed by atoms with E-state index in [4.69, 9.17) is 16.3 Å². The van der Waals surface area contributed by atoms with Crippen LogP contribution in [0.1, 0.15) is 20.8 Å². The zero-order valence-corrected chi connectivity index (χ0v) is 13.8. The van der Waals surface area contributed by atoms with Crippen molar-refractivity contribution in [3.05, 3.63) is 50.3 Å². The van der Waals surface area contributed by atoms with Gasteiger partial charge in [0.05, 0.1) is 17.7 Å². The highest BCUT2D eigenvalue weighted by atomic mass is 127. The molecule has 1 aromatic carbocycles. The number of rotatable bonds is 3. The van der Waals surface area contributed by atoms with Crippen molar-refractivity contribution in [3.8, 4) is 5.75 Å². The minimum absolute atomic E-state index is 0.231. The smallest absolute Gasteiger partial charge is 0.286 e. The van der Waals surface area contributed by atoms with Crippen molar-refractivity contribution in [1.82, 2.24) is 15.8 Å². The van der Waals surface area contributed by atoms with Crippen molar-refractivity contribution in [1.29, 1.82) is 0 Å². The first-order valence-corrected chi connectivity index (χ1v) is 7.25. The van der Waals surface area contributed by atoms with Gasteiger partial charge in [-0.15, -0.1) is 0 Å². The predicted molar refractivity (Wildman–Crippen MR) is 86.4 cm³/mol. The summed E-state index contributed by atoms with van der Waals surface area (Å²) < 4.78 is 5.90. The lowest BCUT2D eigenvalue weighted by molar-refractivity contribution is 0.0842. The van der Waals surface area contributed by atoms with Gasteiger partial charge in [-0.25, -0.2) is 0 Å². The largest absolute Gasteiger partial charge is 0.496 e. The maximum absolute atomic E-state index is 12.1. The number of hydrazine groups is 1. The van der Waals surface area contributed by atoms with E-state index in [0.29, 0.717) is 16.5 Å². The van der Waals surface area contributed by atoms with Crippen LogP contribution in [0.3, 0.4) is 0 Å². The second kappa shape index (κ2) is 6.81. The van der Waals surface area contributed by atoms with Gasteiger partial charge in [-0.3, -0.25) is 20.4 Å². The lowest BCUT2D eigenvalue weighted by Gasteiger charge is -2.11. The molecule has 2 amide bonds. The molecular weight excluding hydrogens is 409 g/mol. The van der Waals surface area contributed by atoms with Gasteiger partial charge in [0.25, 0.3) is 11.8 Å². The van der Waals surface area contributed by atoms with E-state index in [1.165, 1.54) is 13.2 Å². The normalized spacial score (nSPS) is 10.0. The summed E-state index contributed by atoms with van der Waals surface area (Å²) in [6.07, 6.45) is 1.61. The third-order valence-corrected chi connectivity index (χ3v) is 4.14. The molecule has 0 atom stereocenters. The predicted octanol–water partition coefficient (Wildman–Crippen LogP) is 2.36. The van der Waals surface area contributed by atoms with Gasteiger partial charge in [-0.1, -0.05) is 11.6 Å². The number of aromatic amines is 1. The van der Waals surface area contributed by atoms with Crippen LogP contribution >= 0.6 is 34.2 Å². The number of halogens is 2. The van der Waals surface area contributed by atoms with E-state index in [1.54, 1.807) is 24.4 Å². The molecule has 0 unspecified atom stereocenters. The molecule has 6 nitrogen and oxygen atoms in total. The van der Waals surface area contributed by atoms with E-state index in [1.807, 2.05) is 22.6 Å². The maximum atomic E-state index is 12.1. The van der Waals surface area contributed by atoms with Crippen LogP contribution in [0.4, 0.5) is 0 Å². The van der Waals surface area contributed by atoms with Crippen LogP contribution in [0.25, 0.3) is 0 Å². The highest BCUT2D eigenvalue weighted by molar-refractivity contribution is 14.1. The van der Waals surface area contributed by atoms with Crippen LogP contribution in [-0.4, -0.2) is 23.9 Å². The molecule has 0 radical (unpaired) electrons. The topological polar surface area (TPSA) is 83.2 Å². The Labute approximate surface area is 139 Å². The zero-order valence-electron chi connectivity index (χ0n) is 10.9. The van der Waals surface area contributed by atoms with Crippen molar-refractivity contribution < 1.29 is 14.3 Å². The Morgan fingerprint density at radius 1 is 1.29 bits per heavy atom. The molecular formula is C13H11ClIN3O3. The molecule has 3 N–H and O–H groups in total.